The van der Waals surface area contributed by atoms with Crippen LogP contribution in [0.5, 0.6) is 0 Å². The number of oxime groups is 1. The summed E-state index contributed by atoms with van der Waals surface area (Å²) < 4.78 is 0. The van der Waals surface area contributed by atoms with E-state index >= 15 is 0 Å². The molecule has 0 amide bonds. The molecule has 6 heteroatoms. The zero-order chi connectivity index (χ0) is 13.0. The van der Waals surface area contributed by atoms with Gasteiger partial charge in [-0.15, -0.1) is 11.3 Å². The first-order chi connectivity index (χ1) is 8.72. The van der Waals surface area contributed by atoms with Crippen molar-refractivity contribution in [1.82, 2.24) is 4.98 Å². The van der Waals surface area contributed by atoms with Crippen molar-refractivity contribution < 1.29 is 4.84 Å². The Morgan fingerprint density at radius 3 is 2.67 bits per heavy atom. The second kappa shape index (κ2) is 5.70. The lowest BCUT2D eigenvalue weighted by atomic mass is 10.1. The summed E-state index contributed by atoms with van der Waals surface area (Å²) in [6.07, 6.45) is 0. The predicted molar refractivity (Wildman–Crippen MR) is 78.2 cm³/mol. The maximum Gasteiger partial charge on any atom is 0.180 e. The quantitative estimate of drug-likeness (QED) is 0.404. The fourth-order valence-corrected chi connectivity index (χ4v) is 2.24. The summed E-state index contributed by atoms with van der Waals surface area (Å²) in [5.41, 5.74) is 7.67. The zero-order valence-electron chi connectivity index (χ0n) is 9.66. The second-order valence-electron chi connectivity index (χ2n) is 3.39. The van der Waals surface area contributed by atoms with Gasteiger partial charge >= 0.3 is 0 Å². The molecule has 0 atom stereocenters. The Balaban J connectivity index is 2.38. The van der Waals surface area contributed by atoms with E-state index in [0.29, 0.717) is 21.4 Å². The van der Waals surface area contributed by atoms with Crippen LogP contribution in [0.2, 0.25) is 0 Å². The predicted octanol–water partition coefficient (Wildman–Crippen LogP) is 2.49. The van der Waals surface area contributed by atoms with E-state index in [-0.39, 0.29) is 0 Å². The topological polar surface area (TPSA) is 60.5 Å². The van der Waals surface area contributed by atoms with Crippen LogP contribution in [-0.4, -0.2) is 22.7 Å². The number of thiazole rings is 1. The molecule has 0 unspecified atom stereocenters. The largest absolute Gasteiger partial charge is 0.399 e. The lowest BCUT2D eigenvalue weighted by Crippen LogP contribution is -2.15. The molecule has 92 valence electrons. The molecule has 1 heterocycles. The van der Waals surface area contributed by atoms with Crippen LogP contribution in [0.4, 0.5) is 5.13 Å². The van der Waals surface area contributed by atoms with Crippen LogP contribution in [0.1, 0.15) is 11.3 Å². The Hall–Kier alpha value is -1.79. The molecule has 0 radical (unpaired) electrons. The van der Waals surface area contributed by atoms with E-state index in [1.165, 1.54) is 18.4 Å². The number of anilines is 1. The number of hydrogen-bond donors (Lipinski definition) is 1. The number of nitrogen functional groups attached to an aromatic ring is 1. The van der Waals surface area contributed by atoms with Crippen LogP contribution >= 0.6 is 23.6 Å². The van der Waals surface area contributed by atoms with Gasteiger partial charge < -0.3 is 10.6 Å². The van der Waals surface area contributed by atoms with E-state index in [9.17, 15) is 0 Å². The van der Waals surface area contributed by atoms with Crippen LogP contribution in [0.25, 0.3) is 0 Å². The van der Waals surface area contributed by atoms with Crippen molar-refractivity contribution in [3.05, 3.63) is 47.0 Å². The van der Waals surface area contributed by atoms with Gasteiger partial charge in [0.25, 0.3) is 0 Å². The second-order valence-corrected chi connectivity index (χ2v) is 4.69. The number of thiocarbonyl (C=S) groups is 1. The number of hydrogen-bond acceptors (Lipinski definition) is 6. The van der Waals surface area contributed by atoms with Gasteiger partial charge in [0.2, 0.25) is 0 Å². The minimum Gasteiger partial charge on any atom is -0.399 e. The highest BCUT2D eigenvalue weighted by atomic mass is 32.1. The Kier molecular flexibility index (Phi) is 4.01. The van der Waals surface area contributed by atoms with Gasteiger partial charge in [-0.2, -0.15) is 0 Å². The van der Waals surface area contributed by atoms with Crippen LogP contribution in [0, 0.1) is 0 Å². The molecule has 2 aromatic rings. The Morgan fingerprint density at radius 2 is 2.11 bits per heavy atom. The van der Waals surface area contributed by atoms with Gasteiger partial charge in [-0.3, -0.25) is 0 Å². The third kappa shape index (κ3) is 2.72. The maximum absolute atomic E-state index is 5.62. The van der Waals surface area contributed by atoms with Crippen LogP contribution in [0.3, 0.4) is 0 Å². The first-order valence-electron chi connectivity index (χ1n) is 5.14. The highest BCUT2D eigenvalue weighted by molar-refractivity contribution is 7.82. The highest BCUT2D eigenvalue weighted by Crippen LogP contribution is 2.15. The molecule has 2 rings (SSSR count). The molecule has 0 spiro atoms. The van der Waals surface area contributed by atoms with Crippen LogP contribution in [-0.2, 0) is 4.84 Å². The average Bonchev–Trinajstić information content (AvgIpc) is 2.82. The van der Waals surface area contributed by atoms with Crippen molar-refractivity contribution in [2.75, 3.05) is 12.8 Å². The van der Waals surface area contributed by atoms with Crippen molar-refractivity contribution >= 4 is 39.3 Å². The lowest BCUT2D eigenvalue weighted by molar-refractivity contribution is 0.214. The molecule has 18 heavy (non-hydrogen) atoms. The number of benzene rings is 1. The van der Waals surface area contributed by atoms with Gasteiger partial charge in [-0.25, -0.2) is 4.98 Å². The molecule has 0 bridgehead atoms. The minimum atomic E-state index is 0.477. The molecule has 0 aliphatic carbocycles. The molecule has 0 saturated carbocycles. The van der Waals surface area contributed by atoms with Crippen molar-refractivity contribution in [2.45, 2.75) is 0 Å². The molecule has 0 saturated heterocycles. The molecule has 0 aliphatic heterocycles. The molecule has 0 fully saturated rings. The first-order valence-corrected chi connectivity index (χ1v) is 6.43. The van der Waals surface area contributed by atoms with Gasteiger partial charge in [0, 0.05) is 5.38 Å². The van der Waals surface area contributed by atoms with E-state index in [1.54, 1.807) is 0 Å². The van der Waals surface area contributed by atoms with E-state index in [2.05, 4.69) is 10.1 Å². The average molecular weight is 277 g/mol. The van der Waals surface area contributed by atoms with Gasteiger partial charge in [-0.1, -0.05) is 47.7 Å². The monoisotopic (exact) mass is 277 g/mol. The van der Waals surface area contributed by atoms with Gasteiger partial charge in [0.1, 0.15) is 18.5 Å². The third-order valence-corrected chi connectivity index (χ3v) is 3.30. The molecular weight excluding hydrogens is 266 g/mol. The van der Waals surface area contributed by atoms with Crippen LogP contribution in [0.15, 0.2) is 40.9 Å². The normalized spacial score (nSPS) is 11.3. The summed E-state index contributed by atoms with van der Waals surface area (Å²) in [5, 5.41) is 6.23. The maximum atomic E-state index is 5.62. The standard InChI is InChI=1S/C12H11N3OS2/c1-16-15-10(9-7-18-12(13)14-9)11(17)8-5-3-2-4-6-8/h2-7H,1H3,(H2,13,14)/b15-10-. The summed E-state index contributed by atoms with van der Waals surface area (Å²) in [7, 11) is 1.48. The van der Waals surface area contributed by atoms with Gasteiger partial charge in [0.05, 0.1) is 4.86 Å². The van der Waals surface area contributed by atoms with Crippen molar-refractivity contribution in [3.63, 3.8) is 0 Å². The SMILES string of the molecule is CO/N=C(\C(=S)c1ccccc1)c1csc(N)n1. The molecule has 2 N–H and O–H groups in total. The van der Waals surface area contributed by atoms with Gasteiger partial charge in [-0.05, 0) is 5.56 Å². The highest BCUT2D eigenvalue weighted by Gasteiger charge is 2.15. The van der Waals surface area contributed by atoms with E-state index < -0.39 is 0 Å². The summed E-state index contributed by atoms with van der Waals surface area (Å²) in [4.78, 5) is 9.59. The molecule has 0 aliphatic rings. The summed E-state index contributed by atoms with van der Waals surface area (Å²) in [5.74, 6) is 0. The van der Waals surface area contributed by atoms with Crippen molar-refractivity contribution in [1.29, 1.82) is 0 Å². The van der Waals surface area contributed by atoms with Crippen molar-refractivity contribution in [2.24, 2.45) is 5.16 Å². The minimum absolute atomic E-state index is 0.477. The summed E-state index contributed by atoms with van der Waals surface area (Å²) in [6, 6.07) is 9.61. The number of aromatic nitrogens is 1. The molecule has 4 nitrogen and oxygen atoms in total. The smallest absolute Gasteiger partial charge is 0.180 e. The summed E-state index contributed by atoms with van der Waals surface area (Å²) in [6.45, 7) is 0. The lowest BCUT2D eigenvalue weighted by Gasteiger charge is -2.04. The Labute approximate surface area is 114 Å². The number of nitrogens with two attached hydrogens (primary N) is 1. The summed E-state index contributed by atoms with van der Waals surface area (Å²) >= 11 is 6.75. The van der Waals surface area contributed by atoms with Crippen LogP contribution < -0.4 is 5.73 Å². The van der Waals surface area contributed by atoms with E-state index in [0.717, 1.165) is 5.56 Å². The third-order valence-electron chi connectivity index (χ3n) is 2.20. The van der Waals surface area contributed by atoms with Crippen molar-refractivity contribution in [3.8, 4) is 0 Å². The fraction of sp³-hybridized carbons (Fsp3) is 0.0833. The molecule has 1 aromatic carbocycles. The van der Waals surface area contributed by atoms with E-state index in [1.807, 2.05) is 35.7 Å². The Morgan fingerprint density at radius 1 is 1.39 bits per heavy atom. The molecular formula is C12H11N3OS2. The fourth-order valence-electron chi connectivity index (χ4n) is 1.42. The Bertz CT molecular complexity index is 578. The number of rotatable bonds is 4. The van der Waals surface area contributed by atoms with E-state index in [4.69, 9.17) is 22.8 Å². The van der Waals surface area contributed by atoms with Gasteiger partial charge in [0.15, 0.2) is 5.13 Å². The molecule has 1 aromatic heterocycles. The zero-order valence-corrected chi connectivity index (χ0v) is 11.3. The first kappa shape index (κ1) is 12.7. The number of nitrogens with zero attached hydrogens (tertiary/aromatic N) is 2.